The van der Waals surface area contributed by atoms with Gasteiger partial charge in [-0.2, -0.15) is 15.0 Å². The number of aromatic nitrogens is 5. The first-order valence-electron chi connectivity index (χ1n) is 11.5. The number of para-hydroxylation sites is 1. The molecule has 192 valence electrons. The van der Waals surface area contributed by atoms with Crippen molar-refractivity contribution in [1.82, 2.24) is 29.4 Å². The van der Waals surface area contributed by atoms with Crippen LogP contribution in [-0.2, 0) is 9.53 Å². The van der Waals surface area contributed by atoms with Crippen LogP contribution in [0.1, 0.15) is 25.1 Å². The van der Waals surface area contributed by atoms with Crippen LogP contribution in [0.25, 0.3) is 17.0 Å². The number of likely N-dealkylation sites (tertiary alicyclic amines) is 1. The Hall–Kier alpha value is -3.32. The van der Waals surface area contributed by atoms with Crippen LogP contribution in [0.2, 0.25) is 0 Å². The van der Waals surface area contributed by atoms with Crippen LogP contribution in [-0.4, -0.2) is 91.8 Å². The molecule has 2 saturated heterocycles. The number of piperidine rings is 1. The number of nitrogens with zero attached hydrogens (tertiary/aromatic N) is 7. The maximum atomic E-state index is 14.0. The van der Waals surface area contributed by atoms with Crippen LogP contribution in [0.5, 0.6) is 11.8 Å². The summed E-state index contributed by atoms with van der Waals surface area (Å²) in [5, 5.41) is 10.2. The van der Waals surface area contributed by atoms with Crippen molar-refractivity contribution < 1.29 is 28.2 Å². The van der Waals surface area contributed by atoms with Gasteiger partial charge in [-0.25, -0.2) is 13.8 Å². The molecule has 1 N–H and O–H groups in total. The highest BCUT2D eigenvalue weighted by Crippen LogP contribution is 2.32. The molecule has 2 aliphatic heterocycles. The zero-order valence-corrected chi connectivity index (χ0v) is 19.9. The van der Waals surface area contributed by atoms with E-state index >= 15 is 0 Å². The van der Waals surface area contributed by atoms with E-state index in [4.69, 9.17) is 21.1 Å². The van der Waals surface area contributed by atoms with E-state index in [0.29, 0.717) is 52.2 Å². The molecule has 0 atom stereocenters. The van der Waals surface area contributed by atoms with E-state index in [0.717, 1.165) is 4.57 Å². The summed E-state index contributed by atoms with van der Waals surface area (Å²) in [7, 11) is 0. The molecule has 4 heterocycles. The standard InChI is InChI=1S/C22H24ClF2N7O4/c23-12-16(34)30-6-4-13(5-7-30)36-22-28-20(31-8-10-35-11-9-31)27-21(29-22)32-14-2-1-3-15(33)17(14)26-19(32)18(24)25/h1-3,13,18,33H,4-12H2. The summed E-state index contributed by atoms with van der Waals surface area (Å²) in [6.07, 6.45) is -2.15. The number of hydrogen-bond acceptors (Lipinski definition) is 9. The molecule has 36 heavy (non-hydrogen) atoms. The molecule has 2 fully saturated rings. The van der Waals surface area contributed by atoms with Crippen molar-refractivity contribution in [2.45, 2.75) is 25.4 Å². The van der Waals surface area contributed by atoms with Gasteiger partial charge in [0.1, 0.15) is 23.3 Å². The number of imidazole rings is 1. The monoisotopic (exact) mass is 523 g/mol. The minimum absolute atomic E-state index is 0.0138. The molecule has 14 heteroatoms. The van der Waals surface area contributed by atoms with Gasteiger partial charge in [-0.1, -0.05) is 6.07 Å². The molecule has 0 radical (unpaired) electrons. The van der Waals surface area contributed by atoms with Gasteiger partial charge >= 0.3 is 6.01 Å². The number of fused-ring (bicyclic) bond motifs is 1. The predicted molar refractivity (Wildman–Crippen MR) is 125 cm³/mol. The topological polar surface area (TPSA) is 119 Å². The van der Waals surface area contributed by atoms with Gasteiger partial charge in [0.15, 0.2) is 5.82 Å². The molecule has 1 aromatic carbocycles. The Morgan fingerprint density at radius 1 is 1.11 bits per heavy atom. The van der Waals surface area contributed by atoms with Crippen LogP contribution in [0.4, 0.5) is 14.7 Å². The number of hydrogen-bond donors (Lipinski definition) is 1. The number of halogens is 3. The Morgan fingerprint density at radius 2 is 1.83 bits per heavy atom. The number of anilines is 1. The number of carbonyl (C=O) groups excluding carboxylic acids is 1. The predicted octanol–water partition coefficient (Wildman–Crippen LogP) is 2.30. The van der Waals surface area contributed by atoms with E-state index in [1.165, 1.54) is 12.1 Å². The van der Waals surface area contributed by atoms with Crippen molar-refractivity contribution in [3.8, 4) is 17.7 Å². The maximum Gasteiger partial charge on any atom is 0.323 e. The molecule has 0 bridgehead atoms. The molecule has 0 unspecified atom stereocenters. The first-order chi connectivity index (χ1) is 17.4. The van der Waals surface area contributed by atoms with Crippen molar-refractivity contribution in [3.05, 3.63) is 24.0 Å². The third kappa shape index (κ3) is 4.85. The zero-order valence-electron chi connectivity index (χ0n) is 19.2. The lowest BCUT2D eigenvalue weighted by molar-refractivity contribution is -0.130. The number of phenolic OH excluding ortho intramolecular Hbond substituents is 1. The smallest absolute Gasteiger partial charge is 0.323 e. The summed E-state index contributed by atoms with van der Waals surface area (Å²) < 4.78 is 40.6. The summed E-state index contributed by atoms with van der Waals surface area (Å²) in [6, 6.07) is 4.43. The summed E-state index contributed by atoms with van der Waals surface area (Å²) >= 11 is 5.66. The number of benzene rings is 1. The number of morpholine rings is 1. The van der Waals surface area contributed by atoms with Crippen molar-refractivity contribution in [1.29, 1.82) is 0 Å². The van der Waals surface area contributed by atoms with E-state index in [1.54, 1.807) is 11.0 Å². The number of aromatic hydroxyl groups is 1. The van der Waals surface area contributed by atoms with E-state index in [2.05, 4.69) is 19.9 Å². The van der Waals surface area contributed by atoms with E-state index < -0.39 is 12.2 Å². The first kappa shape index (κ1) is 24.4. The average Bonchev–Trinajstić information content (AvgIpc) is 3.30. The van der Waals surface area contributed by atoms with Gasteiger partial charge in [-0.15, -0.1) is 11.6 Å². The second kappa shape index (κ2) is 10.3. The lowest BCUT2D eigenvalue weighted by Gasteiger charge is -2.31. The van der Waals surface area contributed by atoms with Gasteiger partial charge in [0.05, 0.1) is 18.7 Å². The van der Waals surface area contributed by atoms with E-state index in [9.17, 15) is 18.7 Å². The highest BCUT2D eigenvalue weighted by Gasteiger charge is 2.28. The number of alkyl halides is 3. The minimum Gasteiger partial charge on any atom is -0.506 e. The highest BCUT2D eigenvalue weighted by molar-refractivity contribution is 6.27. The van der Waals surface area contributed by atoms with Crippen LogP contribution >= 0.6 is 11.6 Å². The van der Waals surface area contributed by atoms with Gasteiger partial charge in [-0.05, 0) is 12.1 Å². The molecule has 0 aliphatic carbocycles. The van der Waals surface area contributed by atoms with Gasteiger partial charge in [0, 0.05) is 39.0 Å². The molecule has 0 saturated carbocycles. The van der Waals surface area contributed by atoms with Crippen LogP contribution in [0.15, 0.2) is 18.2 Å². The van der Waals surface area contributed by atoms with Crippen LogP contribution in [0.3, 0.4) is 0 Å². The Kier molecular flexibility index (Phi) is 7.01. The van der Waals surface area contributed by atoms with Gasteiger partial charge in [-0.3, -0.25) is 9.36 Å². The van der Waals surface area contributed by atoms with Crippen molar-refractivity contribution >= 4 is 34.5 Å². The number of ether oxygens (including phenoxy) is 2. The fourth-order valence-electron chi connectivity index (χ4n) is 4.31. The summed E-state index contributed by atoms with van der Waals surface area (Å²) in [4.78, 5) is 32.6. The zero-order chi connectivity index (χ0) is 25.2. The molecular formula is C22H24ClF2N7O4. The van der Waals surface area contributed by atoms with Crippen molar-refractivity contribution in [2.75, 3.05) is 50.2 Å². The van der Waals surface area contributed by atoms with Gasteiger partial charge in [0.2, 0.25) is 17.8 Å². The lowest BCUT2D eigenvalue weighted by Crippen LogP contribution is -2.42. The second-order valence-corrected chi connectivity index (χ2v) is 8.67. The SMILES string of the molecule is O=C(CCl)N1CCC(Oc2nc(N3CCOCC3)nc(-n3c(C(F)F)nc4c(O)cccc43)n2)CC1. The summed E-state index contributed by atoms with van der Waals surface area (Å²) in [6.45, 7) is 2.91. The largest absolute Gasteiger partial charge is 0.506 e. The molecule has 5 rings (SSSR count). The Bertz CT molecular complexity index is 1250. The number of rotatable bonds is 6. The Labute approximate surface area is 209 Å². The van der Waals surface area contributed by atoms with Gasteiger partial charge in [0.25, 0.3) is 6.43 Å². The third-order valence-electron chi connectivity index (χ3n) is 6.15. The lowest BCUT2D eigenvalue weighted by atomic mass is 10.1. The number of amides is 1. The van der Waals surface area contributed by atoms with Crippen molar-refractivity contribution in [2.24, 2.45) is 0 Å². The Balaban J connectivity index is 1.53. The molecule has 3 aromatic rings. The minimum atomic E-state index is -2.95. The summed E-state index contributed by atoms with van der Waals surface area (Å²) in [5.41, 5.74) is 0.239. The van der Waals surface area contributed by atoms with E-state index in [-0.39, 0.29) is 52.6 Å². The average molecular weight is 524 g/mol. The molecular weight excluding hydrogens is 500 g/mol. The Morgan fingerprint density at radius 3 is 2.53 bits per heavy atom. The van der Waals surface area contributed by atoms with Gasteiger partial charge < -0.3 is 24.4 Å². The fraction of sp³-hybridized carbons (Fsp3) is 0.500. The second-order valence-electron chi connectivity index (χ2n) is 8.40. The van der Waals surface area contributed by atoms with Crippen molar-refractivity contribution in [3.63, 3.8) is 0 Å². The van der Waals surface area contributed by atoms with Crippen LogP contribution in [0, 0.1) is 0 Å². The quantitative estimate of drug-likeness (QED) is 0.485. The fourth-order valence-corrected chi connectivity index (χ4v) is 4.48. The number of carbonyl (C=O) groups is 1. The first-order valence-corrected chi connectivity index (χ1v) is 12.1. The summed E-state index contributed by atoms with van der Waals surface area (Å²) in [5.74, 6) is -0.891. The molecule has 2 aliphatic rings. The normalized spacial score (nSPS) is 17.2. The molecule has 2 aromatic heterocycles. The highest BCUT2D eigenvalue weighted by atomic mass is 35.5. The molecule has 0 spiro atoms. The maximum absolute atomic E-state index is 14.0. The molecule has 1 amide bonds. The van der Waals surface area contributed by atoms with Crippen LogP contribution < -0.4 is 9.64 Å². The van der Waals surface area contributed by atoms with E-state index in [1.807, 2.05) is 4.90 Å². The number of phenols is 1. The molecule has 11 nitrogen and oxygen atoms in total. The third-order valence-corrected chi connectivity index (χ3v) is 6.38.